The van der Waals surface area contributed by atoms with Crippen LogP contribution in [0.3, 0.4) is 0 Å². The van der Waals surface area contributed by atoms with Gasteiger partial charge in [-0.2, -0.15) is 9.97 Å². The highest BCUT2D eigenvalue weighted by Gasteiger charge is 2.48. The Morgan fingerprint density at radius 2 is 0.838 bits per heavy atom. The van der Waals surface area contributed by atoms with Crippen molar-refractivity contribution < 1.29 is 0 Å². The van der Waals surface area contributed by atoms with E-state index in [9.17, 15) is 0 Å². The molecule has 2 aromatic heterocycles. The van der Waals surface area contributed by atoms with Crippen LogP contribution < -0.4 is 4.90 Å². The van der Waals surface area contributed by atoms with E-state index in [1.807, 2.05) is 47.7 Å². The van der Waals surface area contributed by atoms with E-state index in [4.69, 9.17) is 15.0 Å². The van der Waals surface area contributed by atoms with Crippen molar-refractivity contribution in [1.29, 1.82) is 0 Å². The second-order valence-corrected chi connectivity index (χ2v) is 19.1. The second kappa shape index (κ2) is 15.0. The lowest BCUT2D eigenvalue weighted by Crippen LogP contribution is -2.38. The number of rotatable bonds is 5. The minimum Gasteiger partial charge on any atom is -0.278 e. The summed E-state index contributed by atoms with van der Waals surface area (Å²) in [6, 6.07) is 81.8. The molecule has 0 fully saturated rings. The van der Waals surface area contributed by atoms with Crippen molar-refractivity contribution in [3.8, 4) is 22.8 Å². The van der Waals surface area contributed by atoms with E-state index in [0.717, 1.165) is 39.0 Å². The van der Waals surface area contributed by atoms with Gasteiger partial charge in [-0.3, -0.25) is 4.90 Å². The molecule has 3 heterocycles. The topological polar surface area (TPSA) is 41.9 Å². The van der Waals surface area contributed by atoms with Crippen LogP contribution in [-0.4, -0.2) is 15.0 Å². The van der Waals surface area contributed by atoms with Crippen LogP contribution in [0, 0.1) is 6.92 Å². The van der Waals surface area contributed by atoms with Gasteiger partial charge in [-0.25, -0.2) is 4.98 Å². The minimum absolute atomic E-state index is 0.560. The van der Waals surface area contributed by atoms with Crippen LogP contribution in [0.4, 0.5) is 17.3 Å². The van der Waals surface area contributed by atoms with Crippen LogP contribution in [0.2, 0.25) is 0 Å². The third-order valence-corrected chi connectivity index (χ3v) is 15.3. The smallest absolute Gasteiger partial charge is 0.238 e. The lowest BCUT2D eigenvalue weighted by atomic mass is 9.62. The highest BCUT2D eigenvalue weighted by Crippen LogP contribution is 2.60. The Bertz CT molecular complexity index is 4050. The molecule has 0 aliphatic carbocycles. The molecule has 0 bridgehead atoms. The van der Waals surface area contributed by atoms with Crippen LogP contribution in [-0.2, 0) is 5.41 Å². The Morgan fingerprint density at radius 1 is 0.368 bits per heavy atom. The summed E-state index contributed by atoms with van der Waals surface area (Å²) in [6.07, 6.45) is 0. The number of thiophene rings is 1. The first-order chi connectivity index (χ1) is 33.6. The van der Waals surface area contributed by atoms with Crippen molar-refractivity contribution in [2.75, 3.05) is 4.90 Å². The van der Waals surface area contributed by atoms with Gasteiger partial charge in [0.15, 0.2) is 11.6 Å². The Labute approximate surface area is 397 Å². The largest absolute Gasteiger partial charge is 0.278 e. The molecule has 4 nitrogen and oxygen atoms in total. The average Bonchev–Trinajstić information content (AvgIpc) is 3.75. The molecule has 0 saturated heterocycles. The molecule has 11 aromatic carbocycles. The van der Waals surface area contributed by atoms with Crippen molar-refractivity contribution in [2.24, 2.45) is 0 Å². The van der Waals surface area contributed by atoms with Gasteiger partial charge in [0.25, 0.3) is 0 Å². The van der Waals surface area contributed by atoms with Gasteiger partial charge in [0.1, 0.15) is 0 Å². The minimum atomic E-state index is -0.745. The summed E-state index contributed by atoms with van der Waals surface area (Å²) >= 11 is 1.86. The maximum absolute atomic E-state index is 5.45. The van der Waals surface area contributed by atoms with Gasteiger partial charge in [0, 0.05) is 31.3 Å². The molecule has 5 heteroatoms. The molecule has 0 radical (unpaired) electrons. The molecule has 0 N–H and O–H groups in total. The first kappa shape index (κ1) is 38.7. The van der Waals surface area contributed by atoms with Gasteiger partial charge in [0.05, 0.1) is 16.8 Å². The van der Waals surface area contributed by atoms with Gasteiger partial charge >= 0.3 is 0 Å². The van der Waals surface area contributed by atoms with Crippen LogP contribution in [0.5, 0.6) is 0 Å². The quantitative estimate of drug-likeness (QED) is 0.162. The average molecular weight is 885 g/mol. The number of benzene rings is 11. The Hall–Kier alpha value is -8.51. The number of hydrogen-bond acceptors (Lipinski definition) is 5. The third kappa shape index (κ3) is 5.76. The first-order valence-corrected chi connectivity index (χ1v) is 24.0. The zero-order valence-corrected chi connectivity index (χ0v) is 37.9. The molecule has 0 atom stereocenters. The number of aryl methyl sites for hydroxylation is 1. The standard InChI is InChI=1S/C63H40N4S/c1-39-30-31-48-49(32-39)46-28-16-17-29-47(46)50-35-52-53-36-55-57(38-59(53)68-58(52)37-51(48)50)67(62-65-60(40-18-6-2-7-19-40)64-61(66-62)41-20-8-3-9-21-41)56-34-43-23-15-14-22-42(43)33-54(56)63(55,44-24-10-4-11-25-44)45-26-12-5-13-27-45/h2-38H,1H3. The van der Waals surface area contributed by atoms with Gasteiger partial charge < -0.3 is 0 Å². The van der Waals surface area contributed by atoms with Crippen molar-refractivity contribution in [3.05, 3.63) is 252 Å². The lowest BCUT2D eigenvalue weighted by Gasteiger charge is -2.46. The van der Waals surface area contributed by atoms with E-state index < -0.39 is 5.41 Å². The summed E-state index contributed by atoms with van der Waals surface area (Å²) in [7, 11) is 0. The van der Waals surface area contributed by atoms with Crippen LogP contribution in [0.25, 0.3) is 86.0 Å². The molecule has 0 spiro atoms. The molecule has 0 unspecified atom stereocenters. The zero-order chi connectivity index (χ0) is 44.9. The third-order valence-electron chi connectivity index (χ3n) is 14.2. The lowest BCUT2D eigenvalue weighted by molar-refractivity contribution is 0.731. The number of nitrogens with zero attached hydrogens (tertiary/aromatic N) is 4. The fourth-order valence-electron chi connectivity index (χ4n) is 11.1. The molecule has 0 saturated carbocycles. The molecule has 318 valence electrons. The SMILES string of the molecule is Cc1ccc2c(c1)c1ccccc1c1cc3c(cc21)sc1cc2c(cc13)C(c1ccccc1)(c1ccccc1)c1cc3ccccc3cc1N2c1nc(-c2ccccc2)nc(-c2ccccc2)n1. The number of anilines is 3. The van der Waals surface area contributed by atoms with E-state index in [-0.39, 0.29) is 0 Å². The van der Waals surface area contributed by atoms with Crippen molar-refractivity contribution in [1.82, 2.24) is 15.0 Å². The molecular formula is C63H40N4S. The van der Waals surface area contributed by atoms with E-state index in [1.165, 1.54) is 74.6 Å². The fourth-order valence-corrected chi connectivity index (χ4v) is 12.3. The van der Waals surface area contributed by atoms with Crippen molar-refractivity contribution in [3.63, 3.8) is 0 Å². The van der Waals surface area contributed by atoms with Crippen LogP contribution in [0.1, 0.15) is 27.8 Å². The second-order valence-electron chi connectivity index (χ2n) is 18.0. The van der Waals surface area contributed by atoms with E-state index in [0.29, 0.717) is 17.6 Å². The van der Waals surface area contributed by atoms with Crippen LogP contribution >= 0.6 is 11.3 Å². The maximum Gasteiger partial charge on any atom is 0.238 e. The van der Waals surface area contributed by atoms with Gasteiger partial charge in [-0.05, 0) is 109 Å². The molecule has 14 rings (SSSR count). The summed E-state index contributed by atoms with van der Waals surface area (Å²) < 4.78 is 2.45. The van der Waals surface area contributed by atoms with E-state index in [2.05, 4.69) is 200 Å². The van der Waals surface area contributed by atoms with Gasteiger partial charge in [-0.15, -0.1) is 11.3 Å². The zero-order valence-electron chi connectivity index (χ0n) is 37.1. The number of aromatic nitrogens is 3. The summed E-state index contributed by atoms with van der Waals surface area (Å²) in [4.78, 5) is 18.4. The molecular weight excluding hydrogens is 845 g/mol. The normalized spacial score (nSPS) is 13.2. The first-order valence-electron chi connectivity index (χ1n) is 23.2. The van der Waals surface area contributed by atoms with Gasteiger partial charge in [0.2, 0.25) is 5.95 Å². The van der Waals surface area contributed by atoms with Crippen molar-refractivity contribution >= 4 is 91.9 Å². The predicted octanol–water partition coefficient (Wildman–Crippen LogP) is 16.7. The maximum atomic E-state index is 5.45. The Morgan fingerprint density at radius 3 is 1.47 bits per heavy atom. The predicted molar refractivity (Wildman–Crippen MR) is 285 cm³/mol. The Kier molecular flexibility index (Phi) is 8.55. The summed E-state index contributed by atoms with van der Waals surface area (Å²) in [5, 5.41) is 12.5. The molecule has 13 aromatic rings. The van der Waals surface area contributed by atoms with Crippen LogP contribution in [0.15, 0.2) is 224 Å². The monoisotopic (exact) mass is 884 g/mol. The van der Waals surface area contributed by atoms with Crippen molar-refractivity contribution in [2.45, 2.75) is 12.3 Å². The highest BCUT2D eigenvalue weighted by molar-refractivity contribution is 7.26. The number of hydrogen-bond donors (Lipinski definition) is 0. The summed E-state index contributed by atoms with van der Waals surface area (Å²) in [5.74, 6) is 1.79. The van der Waals surface area contributed by atoms with Gasteiger partial charge in [-0.1, -0.05) is 194 Å². The molecule has 68 heavy (non-hydrogen) atoms. The summed E-state index contributed by atoms with van der Waals surface area (Å²) in [5.41, 5.74) is 9.10. The number of fused-ring (bicyclic) bond motifs is 12. The fraction of sp³-hybridized carbons (Fsp3) is 0.0317. The van der Waals surface area contributed by atoms with E-state index in [1.54, 1.807) is 0 Å². The molecule has 1 aliphatic rings. The highest BCUT2D eigenvalue weighted by atomic mass is 32.1. The summed E-state index contributed by atoms with van der Waals surface area (Å²) in [6.45, 7) is 2.19. The molecule has 0 amide bonds. The Balaban J connectivity index is 1.15. The molecule has 1 aliphatic heterocycles. The van der Waals surface area contributed by atoms with E-state index >= 15 is 0 Å².